The molecule has 1 amide bonds. The number of nitrogens with one attached hydrogen (secondary N) is 2. The van der Waals surface area contributed by atoms with Gasteiger partial charge in [0.2, 0.25) is 5.91 Å². The third kappa shape index (κ3) is 9.30. The fourth-order valence-electron chi connectivity index (χ4n) is 0.775. The monoisotopic (exact) mass is 188 g/mol. The maximum atomic E-state index is 11.1. The fraction of sp³-hybridized carbons (Fsp3) is 0.889. The number of carbonyl (C=O) groups excluding carboxylic acids is 1. The lowest BCUT2D eigenvalue weighted by Gasteiger charge is -2.09. The molecule has 0 fully saturated rings. The Morgan fingerprint density at radius 2 is 1.92 bits per heavy atom. The van der Waals surface area contributed by atoms with Crippen molar-refractivity contribution in [2.24, 2.45) is 5.92 Å². The van der Waals surface area contributed by atoms with Crippen LogP contribution in [0.25, 0.3) is 0 Å². The van der Waals surface area contributed by atoms with Gasteiger partial charge in [0.25, 0.3) is 0 Å². The van der Waals surface area contributed by atoms with Gasteiger partial charge in [0.15, 0.2) is 0 Å². The maximum absolute atomic E-state index is 11.1. The summed E-state index contributed by atoms with van der Waals surface area (Å²) in [4.78, 5) is 11.1. The zero-order valence-corrected chi connectivity index (χ0v) is 8.63. The summed E-state index contributed by atoms with van der Waals surface area (Å²) in [6.45, 7) is 7.20. The van der Waals surface area contributed by atoms with Gasteiger partial charge in [-0.05, 0) is 12.8 Å². The van der Waals surface area contributed by atoms with E-state index in [1.165, 1.54) is 0 Å². The molecule has 0 aromatic rings. The van der Waals surface area contributed by atoms with Crippen molar-refractivity contribution in [3.05, 3.63) is 0 Å². The van der Waals surface area contributed by atoms with Gasteiger partial charge in [0.1, 0.15) is 0 Å². The highest BCUT2D eigenvalue weighted by molar-refractivity contribution is 5.77. The molecule has 0 bridgehead atoms. The molecule has 0 heterocycles. The smallest absolute Gasteiger partial charge is 0.233 e. The van der Waals surface area contributed by atoms with Crippen LogP contribution in [0.3, 0.4) is 0 Å². The molecule has 13 heavy (non-hydrogen) atoms. The van der Waals surface area contributed by atoms with Crippen molar-refractivity contribution >= 4 is 5.91 Å². The van der Waals surface area contributed by atoms with Crippen LogP contribution in [0.2, 0.25) is 0 Å². The van der Waals surface area contributed by atoms with Gasteiger partial charge in [-0.3, -0.25) is 4.79 Å². The van der Waals surface area contributed by atoms with Crippen molar-refractivity contribution < 1.29 is 9.90 Å². The lowest BCUT2D eigenvalue weighted by atomic mass is 10.2. The molecule has 1 unspecified atom stereocenters. The van der Waals surface area contributed by atoms with Gasteiger partial charge in [-0.15, -0.1) is 0 Å². The number of aliphatic hydroxyl groups is 1. The predicted octanol–water partition coefficient (Wildman–Crippen LogP) is -0.271. The molecular formula is C9H20N2O2. The van der Waals surface area contributed by atoms with E-state index in [9.17, 15) is 4.79 Å². The molecule has 0 aliphatic heterocycles. The summed E-state index contributed by atoms with van der Waals surface area (Å²) in [5.74, 6) is 0.454. The molecule has 4 nitrogen and oxygen atoms in total. The Morgan fingerprint density at radius 3 is 2.38 bits per heavy atom. The van der Waals surface area contributed by atoms with E-state index in [4.69, 9.17) is 5.11 Å². The molecule has 4 heteroatoms. The highest BCUT2D eigenvalue weighted by Gasteiger charge is 2.02. The second-order valence-corrected chi connectivity index (χ2v) is 3.68. The van der Waals surface area contributed by atoms with Crippen LogP contribution < -0.4 is 10.6 Å². The standard InChI is InChI=1S/C9H20N2O2/c1-7(2)4-11-9(13)6-10-5-8(3)12/h7-8,10,12H,4-6H2,1-3H3,(H,11,13). The zero-order chi connectivity index (χ0) is 10.3. The minimum absolute atomic E-state index is 0.0191. The third-order valence-corrected chi connectivity index (χ3v) is 1.43. The molecule has 1 atom stereocenters. The van der Waals surface area contributed by atoms with E-state index in [-0.39, 0.29) is 12.5 Å². The van der Waals surface area contributed by atoms with E-state index in [0.29, 0.717) is 19.0 Å². The Bertz CT molecular complexity index is 147. The Labute approximate surface area is 79.7 Å². The van der Waals surface area contributed by atoms with Crippen LogP contribution in [-0.4, -0.2) is 36.8 Å². The number of amides is 1. The average molecular weight is 188 g/mol. The number of aliphatic hydroxyl groups excluding tert-OH is 1. The first-order valence-corrected chi connectivity index (χ1v) is 4.68. The van der Waals surface area contributed by atoms with E-state index < -0.39 is 6.10 Å². The highest BCUT2D eigenvalue weighted by atomic mass is 16.3. The van der Waals surface area contributed by atoms with Crippen LogP contribution in [0.1, 0.15) is 20.8 Å². The Hall–Kier alpha value is -0.610. The van der Waals surface area contributed by atoms with Crippen molar-refractivity contribution in [1.29, 1.82) is 0 Å². The quantitative estimate of drug-likeness (QED) is 0.537. The number of rotatable bonds is 6. The van der Waals surface area contributed by atoms with E-state index in [1.54, 1.807) is 6.92 Å². The summed E-state index contributed by atoms with van der Waals surface area (Å²) in [5, 5.41) is 14.5. The zero-order valence-electron chi connectivity index (χ0n) is 8.63. The van der Waals surface area contributed by atoms with Gasteiger partial charge in [0, 0.05) is 13.1 Å². The second kappa shape index (κ2) is 6.86. The van der Waals surface area contributed by atoms with Gasteiger partial charge < -0.3 is 15.7 Å². The average Bonchev–Trinajstić information content (AvgIpc) is 2.00. The highest BCUT2D eigenvalue weighted by Crippen LogP contribution is 1.86. The fourth-order valence-corrected chi connectivity index (χ4v) is 0.775. The second-order valence-electron chi connectivity index (χ2n) is 3.68. The molecular weight excluding hydrogens is 168 g/mol. The minimum atomic E-state index is -0.405. The van der Waals surface area contributed by atoms with Crippen molar-refractivity contribution in [2.75, 3.05) is 19.6 Å². The normalized spacial score (nSPS) is 13.0. The lowest BCUT2D eigenvalue weighted by Crippen LogP contribution is -2.38. The first kappa shape index (κ1) is 12.4. The Kier molecular flexibility index (Phi) is 6.54. The number of carbonyl (C=O) groups is 1. The van der Waals surface area contributed by atoms with Crippen LogP contribution in [0.15, 0.2) is 0 Å². The van der Waals surface area contributed by atoms with Crippen LogP contribution in [-0.2, 0) is 4.79 Å². The summed E-state index contributed by atoms with van der Waals surface area (Å²) >= 11 is 0. The van der Waals surface area contributed by atoms with Gasteiger partial charge in [0.05, 0.1) is 12.6 Å². The first-order chi connectivity index (χ1) is 6.02. The minimum Gasteiger partial charge on any atom is -0.392 e. The molecule has 0 saturated carbocycles. The van der Waals surface area contributed by atoms with E-state index >= 15 is 0 Å². The molecule has 0 aromatic heterocycles. The van der Waals surface area contributed by atoms with Crippen molar-refractivity contribution in [1.82, 2.24) is 10.6 Å². The molecule has 0 spiro atoms. The van der Waals surface area contributed by atoms with Gasteiger partial charge >= 0.3 is 0 Å². The lowest BCUT2D eigenvalue weighted by molar-refractivity contribution is -0.120. The topological polar surface area (TPSA) is 61.4 Å². The van der Waals surface area contributed by atoms with Gasteiger partial charge in [-0.25, -0.2) is 0 Å². The summed E-state index contributed by atoms with van der Waals surface area (Å²) in [6.07, 6.45) is -0.405. The van der Waals surface area contributed by atoms with Gasteiger partial charge in [-0.1, -0.05) is 13.8 Å². The summed E-state index contributed by atoms with van der Waals surface area (Å²) in [7, 11) is 0. The Morgan fingerprint density at radius 1 is 1.31 bits per heavy atom. The van der Waals surface area contributed by atoms with Crippen LogP contribution >= 0.6 is 0 Å². The van der Waals surface area contributed by atoms with Crippen molar-refractivity contribution in [3.63, 3.8) is 0 Å². The van der Waals surface area contributed by atoms with Gasteiger partial charge in [-0.2, -0.15) is 0 Å². The van der Waals surface area contributed by atoms with E-state index in [2.05, 4.69) is 10.6 Å². The van der Waals surface area contributed by atoms with Crippen LogP contribution in [0.4, 0.5) is 0 Å². The van der Waals surface area contributed by atoms with Crippen molar-refractivity contribution in [2.45, 2.75) is 26.9 Å². The summed E-state index contributed by atoms with van der Waals surface area (Å²) < 4.78 is 0. The largest absolute Gasteiger partial charge is 0.392 e. The molecule has 0 saturated heterocycles. The molecule has 78 valence electrons. The molecule has 0 aliphatic rings. The third-order valence-electron chi connectivity index (χ3n) is 1.43. The molecule has 0 radical (unpaired) electrons. The number of hydrogen-bond acceptors (Lipinski definition) is 3. The van der Waals surface area contributed by atoms with E-state index in [1.807, 2.05) is 13.8 Å². The first-order valence-electron chi connectivity index (χ1n) is 4.68. The molecule has 0 rings (SSSR count). The van der Waals surface area contributed by atoms with Crippen molar-refractivity contribution in [3.8, 4) is 0 Å². The SMILES string of the molecule is CC(C)CNC(=O)CNCC(C)O. The molecule has 0 aliphatic carbocycles. The number of hydrogen-bond donors (Lipinski definition) is 3. The molecule has 3 N–H and O–H groups in total. The Balaban J connectivity index is 3.30. The summed E-state index contributed by atoms with van der Waals surface area (Å²) in [5.41, 5.74) is 0. The predicted molar refractivity (Wildman–Crippen MR) is 52.4 cm³/mol. The summed E-state index contributed by atoms with van der Waals surface area (Å²) in [6, 6.07) is 0. The van der Waals surface area contributed by atoms with Crippen LogP contribution in [0.5, 0.6) is 0 Å². The van der Waals surface area contributed by atoms with E-state index in [0.717, 1.165) is 0 Å². The molecule has 0 aromatic carbocycles. The maximum Gasteiger partial charge on any atom is 0.233 e. The van der Waals surface area contributed by atoms with Crippen LogP contribution in [0, 0.1) is 5.92 Å².